The number of carbonyl (C=O) groups is 1. The highest BCUT2D eigenvalue weighted by atomic mass is 35.5. The van der Waals surface area contributed by atoms with E-state index < -0.39 is 0 Å². The van der Waals surface area contributed by atoms with Gasteiger partial charge in [0.25, 0.3) is 5.91 Å². The van der Waals surface area contributed by atoms with E-state index in [0.29, 0.717) is 23.0 Å². The molecule has 1 aromatic carbocycles. The standard InChI is InChI=1S/C20H19ClN4OS/c1-14-18(27-19(23-14)15-3-2-4-16(21)13-15)20(26)25-11-9-24(10-12-25)17-5-7-22-8-6-17/h2-8,13H,9-12H2,1H3. The minimum absolute atomic E-state index is 0.0626. The molecule has 0 aliphatic carbocycles. The van der Waals surface area contributed by atoms with E-state index in [1.165, 1.54) is 11.3 Å². The first kappa shape index (κ1) is 17.9. The van der Waals surface area contributed by atoms with Gasteiger partial charge in [-0.1, -0.05) is 23.7 Å². The van der Waals surface area contributed by atoms with E-state index in [1.54, 1.807) is 12.4 Å². The van der Waals surface area contributed by atoms with Crippen LogP contribution in [0, 0.1) is 6.92 Å². The summed E-state index contributed by atoms with van der Waals surface area (Å²) in [6, 6.07) is 11.6. The summed E-state index contributed by atoms with van der Waals surface area (Å²) in [7, 11) is 0. The average molecular weight is 399 g/mol. The lowest BCUT2D eigenvalue weighted by molar-refractivity contribution is 0.0750. The highest BCUT2D eigenvalue weighted by Crippen LogP contribution is 2.30. The zero-order valence-electron chi connectivity index (χ0n) is 14.9. The Morgan fingerprint density at radius 1 is 1.11 bits per heavy atom. The van der Waals surface area contributed by atoms with Crippen molar-refractivity contribution in [2.45, 2.75) is 6.92 Å². The summed E-state index contributed by atoms with van der Waals surface area (Å²) in [5.41, 5.74) is 2.86. The van der Waals surface area contributed by atoms with Crippen molar-refractivity contribution < 1.29 is 4.79 Å². The Hall–Kier alpha value is -2.44. The quantitative estimate of drug-likeness (QED) is 0.665. The van der Waals surface area contributed by atoms with Crippen LogP contribution in [0.5, 0.6) is 0 Å². The maximum absolute atomic E-state index is 13.0. The number of aromatic nitrogens is 2. The van der Waals surface area contributed by atoms with Gasteiger partial charge < -0.3 is 9.80 Å². The number of pyridine rings is 1. The molecule has 1 aliphatic rings. The number of anilines is 1. The maximum atomic E-state index is 13.0. The van der Waals surface area contributed by atoms with Gasteiger partial charge in [0.15, 0.2) is 0 Å². The molecular weight excluding hydrogens is 380 g/mol. The summed E-state index contributed by atoms with van der Waals surface area (Å²) in [6.45, 7) is 4.92. The van der Waals surface area contributed by atoms with Crippen LogP contribution in [0.2, 0.25) is 5.02 Å². The van der Waals surface area contributed by atoms with E-state index in [0.717, 1.165) is 35.0 Å². The van der Waals surface area contributed by atoms with E-state index in [-0.39, 0.29) is 5.91 Å². The number of aryl methyl sites for hydroxylation is 1. The molecule has 138 valence electrons. The second kappa shape index (κ2) is 7.66. The number of piperazine rings is 1. The third kappa shape index (κ3) is 3.82. The molecule has 3 heterocycles. The number of thiazole rings is 1. The molecule has 0 bridgehead atoms. The molecule has 0 spiro atoms. The molecule has 2 aromatic heterocycles. The number of hydrogen-bond donors (Lipinski definition) is 0. The monoisotopic (exact) mass is 398 g/mol. The van der Waals surface area contributed by atoms with Gasteiger partial charge in [-0.15, -0.1) is 11.3 Å². The average Bonchev–Trinajstić information content (AvgIpc) is 3.10. The fourth-order valence-corrected chi connectivity index (χ4v) is 4.43. The first-order valence-electron chi connectivity index (χ1n) is 8.79. The number of amides is 1. The first-order chi connectivity index (χ1) is 13.1. The third-order valence-corrected chi connectivity index (χ3v) is 6.09. The Kier molecular flexibility index (Phi) is 5.09. The number of hydrogen-bond acceptors (Lipinski definition) is 5. The number of nitrogens with zero attached hydrogens (tertiary/aromatic N) is 4. The molecule has 0 radical (unpaired) electrons. The SMILES string of the molecule is Cc1nc(-c2cccc(Cl)c2)sc1C(=O)N1CCN(c2ccncc2)CC1. The van der Waals surface area contributed by atoms with E-state index in [9.17, 15) is 4.79 Å². The van der Waals surface area contributed by atoms with Crippen molar-refractivity contribution in [2.24, 2.45) is 0 Å². The lowest BCUT2D eigenvalue weighted by Crippen LogP contribution is -2.48. The first-order valence-corrected chi connectivity index (χ1v) is 9.99. The highest BCUT2D eigenvalue weighted by Gasteiger charge is 2.25. The van der Waals surface area contributed by atoms with Crippen LogP contribution in [-0.2, 0) is 0 Å². The summed E-state index contributed by atoms with van der Waals surface area (Å²) < 4.78 is 0. The Labute approximate surface area is 167 Å². The van der Waals surface area contributed by atoms with Crippen LogP contribution < -0.4 is 4.90 Å². The Morgan fingerprint density at radius 3 is 2.56 bits per heavy atom. The van der Waals surface area contributed by atoms with Gasteiger partial charge in [0, 0.05) is 54.8 Å². The molecule has 27 heavy (non-hydrogen) atoms. The molecule has 0 saturated carbocycles. The molecule has 0 N–H and O–H groups in total. The van der Waals surface area contributed by atoms with Crippen LogP contribution in [0.25, 0.3) is 10.6 Å². The largest absolute Gasteiger partial charge is 0.368 e. The summed E-state index contributed by atoms with van der Waals surface area (Å²) >= 11 is 7.52. The van der Waals surface area contributed by atoms with Gasteiger partial charge in [0.1, 0.15) is 9.88 Å². The summed E-state index contributed by atoms with van der Waals surface area (Å²) in [4.78, 5) is 26.6. The molecule has 1 aliphatic heterocycles. The van der Waals surface area contributed by atoms with Crippen molar-refractivity contribution in [1.82, 2.24) is 14.9 Å². The van der Waals surface area contributed by atoms with Crippen molar-refractivity contribution in [1.29, 1.82) is 0 Å². The predicted molar refractivity (Wildman–Crippen MR) is 110 cm³/mol. The van der Waals surface area contributed by atoms with E-state index in [1.807, 2.05) is 48.2 Å². The minimum atomic E-state index is 0.0626. The molecule has 1 amide bonds. The number of halogens is 1. The topological polar surface area (TPSA) is 49.3 Å². The van der Waals surface area contributed by atoms with Crippen LogP contribution in [0.4, 0.5) is 5.69 Å². The zero-order valence-corrected chi connectivity index (χ0v) is 16.5. The highest BCUT2D eigenvalue weighted by molar-refractivity contribution is 7.17. The van der Waals surface area contributed by atoms with Gasteiger partial charge in [0.2, 0.25) is 0 Å². The molecular formula is C20H19ClN4OS. The summed E-state index contributed by atoms with van der Waals surface area (Å²) in [6.07, 6.45) is 3.59. The van der Waals surface area contributed by atoms with Crippen LogP contribution in [0.3, 0.4) is 0 Å². The molecule has 1 fully saturated rings. The second-order valence-corrected chi connectivity index (χ2v) is 7.86. The molecule has 7 heteroatoms. The molecule has 3 aromatic rings. The van der Waals surface area contributed by atoms with Gasteiger partial charge in [-0.3, -0.25) is 9.78 Å². The van der Waals surface area contributed by atoms with Crippen molar-refractivity contribution in [2.75, 3.05) is 31.1 Å². The number of carbonyl (C=O) groups excluding carboxylic acids is 1. The molecule has 0 unspecified atom stereocenters. The van der Waals surface area contributed by atoms with Crippen molar-refractivity contribution >= 4 is 34.5 Å². The van der Waals surface area contributed by atoms with Gasteiger partial charge in [-0.05, 0) is 31.2 Å². The number of rotatable bonds is 3. The molecule has 5 nitrogen and oxygen atoms in total. The molecule has 0 atom stereocenters. The fraction of sp³-hybridized carbons (Fsp3) is 0.250. The lowest BCUT2D eigenvalue weighted by atomic mass is 10.2. The molecule has 4 rings (SSSR count). The van der Waals surface area contributed by atoms with E-state index in [2.05, 4.69) is 14.9 Å². The van der Waals surface area contributed by atoms with Gasteiger partial charge >= 0.3 is 0 Å². The summed E-state index contributed by atoms with van der Waals surface area (Å²) in [5.74, 6) is 0.0626. The minimum Gasteiger partial charge on any atom is -0.368 e. The van der Waals surface area contributed by atoms with E-state index >= 15 is 0 Å². The third-order valence-electron chi connectivity index (χ3n) is 4.66. The van der Waals surface area contributed by atoms with Crippen LogP contribution in [0.1, 0.15) is 15.4 Å². The summed E-state index contributed by atoms with van der Waals surface area (Å²) in [5, 5.41) is 1.49. The number of benzene rings is 1. The van der Waals surface area contributed by atoms with Crippen LogP contribution in [-0.4, -0.2) is 47.0 Å². The Morgan fingerprint density at radius 2 is 1.85 bits per heavy atom. The lowest BCUT2D eigenvalue weighted by Gasteiger charge is -2.35. The van der Waals surface area contributed by atoms with Crippen LogP contribution in [0.15, 0.2) is 48.8 Å². The molecule has 1 saturated heterocycles. The fourth-order valence-electron chi connectivity index (χ4n) is 3.21. The van der Waals surface area contributed by atoms with Crippen molar-refractivity contribution in [3.8, 4) is 10.6 Å². The van der Waals surface area contributed by atoms with Gasteiger partial charge in [-0.2, -0.15) is 0 Å². The zero-order chi connectivity index (χ0) is 18.8. The van der Waals surface area contributed by atoms with Gasteiger partial charge in [-0.25, -0.2) is 4.98 Å². The maximum Gasteiger partial charge on any atom is 0.265 e. The normalized spacial score (nSPS) is 14.4. The van der Waals surface area contributed by atoms with Gasteiger partial charge in [0.05, 0.1) is 5.69 Å². The second-order valence-electron chi connectivity index (χ2n) is 6.43. The van der Waals surface area contributed by atoms with Crippen LogP contribution >= 0.6 is 22.9 Å². The van der Waals surface area contributed by atoms with Crippen molar-refractivity contribution in [3.63, 3.8) is 0 Å². The smallest absolute Gasteiger partial charge is 0.265 e. The predicted octanol–water partition coefficient (Wildman–Crippen LogP) is 4.13. The Bertz CT molecular complexity index is 952. The van der Waals surface area contributed by atoms with E-state index in [4.69, 9.17) is 11.6 Å². The van der Waals surface area contributed by atoms with Crippen molar-refractivity contribution in [3.05, 3.63) is 64.4 Å². The Balaban J connectivity index is 1.48.